The highest BCUT2D eigenvalue weighted by Crippen LogP contribution is 2.40. The van der Waals surface area contributed by atoms with E-state index in [0.29, 0.717) is 18.5 Å². The maximum atomic E-state index is 13.1. The molecule has 2 aliphatic heterocycles. The zero-order chi connectivity index (χ0) is 22.1. The summed E-state index contributed by atoms with van der Waals surface area (Å²) in [5, 5.41) is 7.97. The van der Waals surface area contributed by atoms with Gasteiger partial charge in [-0.05, 0) is 58.2 Å². The lowest BCUT2D eigenvalue weighted by atomic mass is 10.1. The van der Waals surface area contributed by atoms with E-state index in [4.69, 9.17) is 9.84 Å². The van der Waals surface area contributed by atoms with E-state index in [1.54, 1.807) is 0 Å². The summed E-state index contributed by atoms with van der Waals surface area (Å²) in [6.45, 7) is 8.67. The molecule has 5 rings (SSSR count). The smallest absolute Gasteiger partial charge is 0.239 e. The highest BCUT2D eigenvalue weighted by atomic mass is 16.5. The van der Waals surface area contributed by atoms with E-state index in [0.717, 1.165) is 56.2 Å². The quantitative estimate of drug-likeness (QED) is 0.720. The number of carbonyl (C=O) groups excluding carboxylic acids is 1. The van der Waals surface area contributed by atoms with Crippen molar-refractivity contribution in [3.63, 3.8) is 0 Å². The number of aromatic nitrogens is 2. The summed E-state index contributed by atoms with van der Waals surface area (Å²) in [5.74, 6) is 1.35. The van der Waals surface area contributed by atoms with Gasteiger partial charge in [-0.2, -0.15) is 5.10 Å². The topological polar surface area (TPSA) is 62.6 Å². The number of nitrogens with one attached hydrogen (secondary N) is 1. The van der Waals surface area contributed by atoms with E-state index >= 15 is 0 Å². The van der Waals surface area contributed by atoms with Gasteiger partial charge >= 0.3 is 0 Å². The second-order valence-corrected chi connectivity index (χ2v) is 9.77. The fourth-order valence-corrected chi connectivity index (χ4v) is 5.24. The van der Waals surface area contributed by atoms with E-state index in [-0.39, 0.29) is 18.1 Å². The lowest BCUT2D eigenvalue weighted by molar-refractivity contribution is -0.118. The van der Waals surface area contributed by atoms with Crippen LogP contribution < -0.4 is 5.32 Å². The third kappa shape index (κ3) is 5.05. The van der Waals surface area contributed by atoms with Gasteiger partial charge in [0.05, 0.1) is 30.1 Å². The van der Waals surface area contributed by atoms with Gasteiger partial charge in [0.1, 0.15) is 5.82 Å². The molecule has 0 spiro atoms. The first-order chi connectivity index (χ1) is 15.5. The number of para-hydroxylation sites is 1. The summed E-state index contributed by atoms with van der Waals surface area (Å²) in [6, 6.07) is 12.5. The molecule has 1 aromatic heterocycles. The third-order valence-electron chi connectivity index (χ3n) is 6.80. The fourth-order valence-electron chi connectivity index (χ4n) is 5.24. The van der Waals surface area contributed by atoms with Crippen molar-refractivity contribution in [1.29, 1.82) is 0 Å². The van der Waals surface area contributed by atoms with Gasteiger partial charge in [-0.3, -0.25) is 14.6 Å². The molecule has 1 amide bonds. The third-order valence-corrected chi connectivity index (χ3v) is 6.80. The Labute approximate surface area is 190 Å². The van der Waals surface area contributed by atoms with Crippen LogP contribution in [0.2, 0.25) is 0 Å². The van der Waals surface area contributed by atoms with Crippen LogP contribution in [0.1, 0.15) is 51.1 Å². The molecule has 2 saturated heterocycles. The Hall–Kier alpha value is -2.22. The Morgan fingerprint density at radius 2 is 1.88 bits per heavy atom. The van der Waals surface area contributed by atoms with Crippen LogP contribution in [0.3, 0.4) is 0 Å². The van der Waals surface area contributed by atoms with Gasteiger partial charge in [0.2, 0.25) is 5.91 Å². The number of carbonyl (C=O) groups is 1. The van der Waals surface area contributed by atoms with Crippen molar-refractivity contribution in [3.8, 4) is 5.69 Å². The second-order valence-electron chi connectivity index (χ2n) is 9.77. The zero-order valence-corrected chi connectivity index (χ0v) is 19.2. The van der Waals surface area contributed by atoms with Crippen molar-refractivity contribution in [2.45, 2.75) is 63.7 Å². The number of likely N-dealkylation sites (tertiary alicyclic amines) is 1. The highest BCUT2D eigenvalue weighted by molar-refractivity contribution is 5.91. The van der Waals surface area contributed by atoms with Crippen LogP contribution in [-0.4, -0.2) is 76.5 Å². The lowest BCUT2D eigenvalue weighted by Gasteiger charge is -2.38. The average molecular weight is 438 g/mol. The molecule has 0 unspecified atom stereocenters. The first kappa shape index (κ1) is 21.6. The van der Waals surface area contributed by atoms with Crippen molar-refractivity contribution in [1.82, 2.24) is 19.6 Å². The molecule has 1 N–H and O–H groups in total. The Kier molecular flexibility index (Phi) is 6.31. The molecule has 172 valence electrons. The van der Waals surface area contributed by atoms with Gasteiger partial charge in [-0.1, -0.05) is 18.2 Å². The van der Waals surface area contributed by atoms with E-state index in [1.807, 2.05) is 35.0 Å². The first-order valence-corrected chi connectivity index (χ1v) is 12.1. The van der Waals surface area contributed by atoms with Gasteiger partial charge in [-0.15, -0.1) is 0 Å². The number of amides is 1. The van der Waals surface area contributed by atoms with Gasteiger partial charge in [0.25, 0.3) is 0 Å². The Balaban J connectivity index is 1.23. The van der Waals surface area contributed by atoms with E-state index in [2.05, 4.69) is 35.0 Å². The van der Waals surface area contributed by atoms with Crippen LogP contribution in [0.5, 0.6) is 0 Å². The molecule has 3 fully saturated rings. The van der Waals surface area contributed by atoms with Crippen LogP contribution in [0, 0.1) is 0 Å². The molecule has 1 saturated carbocycles. The number of anilines is 1. The molecule has 3 atom stereocenters. The number of ether oxygens (including phenoxy) is 1. The van der Waals surface area contributed by atoms with Crippen molar-refractivity contribution >= 4 is 11.7 Å². The lowest BCUT2D eigenvalue weighted by Crippen LogP contribution is -2.50. The molecular formula is C25H35N5O2. The molecule has 0 radical (unpaired) electrons. The Morgan fingerprint density at radius 1 is 1.12 bits per heavy atom. The van der Waals surface area contributed by atoms with E-state index < -0.39 is 0 Å². The highest BCUT2D eigenvalue weighted by Gasteiger charge is 2.32. The molecule has 2 aromatic rings. The Morgan fingerprint density at radius 3 is 2.59 bits per heavy atom. The predicted octanol–water partition coefficient (Wildman–Crippen LogP) is 3.26. The minimum absolute atomic E-state index is 0.0417. The summed E-state index contributed by atoms with van der Waals surface area (Å²) >= 11 is 0. The van der Waals surface area contributed by atoms with E-state index in [1.165, 1.54) is 12.8 Å². The normalized spacial score (nSPS) is 27.0. The summed E-state index contributed by atoms with van der Waals surface area (Å²) in [5.41, 5.74) is 2.06. The van der Waals surface area contributed by atoms with Crippen LogP contribution in [0.15, 0.2) is 36.4 Å². The monoisotopic (exact) mass is 437 g/mol. The SMILES string of the molecule is C[C@@H]1CN(C[C@@H]2CCCN2CC(=O)Nc2cc(C3CC3)nn2-c2ccccc2)C[C@H](C)O1. The molecule has 1 aromatic carbocycles. The van der Waals surface area contributed by atoms with Gasteiger partial charge in [0.15, 0.2) is 0 Å². The van der Waals surface area contributed by atoms with Gasteiger partial charge < -0.3 is 10.1 Å². The van der Waals surface area contributed by atoms with E-state index in [9.17, 15) is 4.79 Å². The summed E-state index contributed by atoms with van der Waals surface area (Å²) < 4.78 is 7.76. The summed E-state index contributed by atoms with van der Waals surface area (Å²) in [6.07, 6.45) is 5.23. The van der Waals surface area contributed by atoms with Gasteiger partial charge in [0, 0.05) is 37.7 Å². The number of hydrogen-bond donors (Lipinski definition) is 1. The number of rotatable bonds is 7. The molecule has 0 bridgehead atoms. The molecule has 32 heavy (non-hydrogen) atoms. The van der Waals surface area contributed by atoms with Crippen molar-refractivity contribution < 1.29 is 9.53 Å². The predicted molar refractivity (Wildman–Crippen MR) is 125 cm³/mol. The van der Waals surface area contributed by atoms with Crippen LogP contribution in [-0.2, 0) is 9.53 Å². The van der Waals surface area contributed by atoms with Crippen LogP contribution >= 0.6 is 0 Å². The minimum Gasteiger partial charge on any atom is -0.373 e. The van der Waals surface area contributed by atoms with Crippen LogP contribution in [0.4, 0.5) is 5.82 Å². The first-order valence-electron chi connectivity index (χ1n) is 12.1. The minimum atomic E-state index is 0.0417. The fraction of sp³-hybridized carbons (Fsp3) is 0.600. The summed E-state index contributed by atoms with van der Waals surface area (Å²) in [4.78, 5) is 17.9. The zero-order valence-electron chi connectivity index (χ0n) is 19.2. The van der Waals surface area contributed by atoms with Crippen LogP contribution in [0.25, 0.3) is 5.69 Å². The molecule has 7 heteroatoms. The maximum absolute atomic E-state index is 13.1. The maximum Gasteiger partial charge on any atom is 0.239 e. The molecule has 3 heterocycles. The summed E-state index contributed by atoms with van der Waals surface area (Å²) in [7, 11) is 0. The van der Waals surface area contributed by atoms with Gasteiger partial charge in [-0.25, -0.2) is 4.68 Å². The standard InChI is InChI=1S/C25H35N5O2/c1-18-14-28(15-19(2)32-18)16-22-9-6-12-29(22)17-25(31)26-24-13-23(20-10-11-20)27-30(24)21-7-4-3-5-8-21/h3-5,7-8,13,18-20,22H,6,9-12,14-17H2,1-2H3,(H,26,31)/t18-,19+,22-/m0/s1. The molecular weight excluding hydrogens is 402 g/mol. The van der Waals surface area contributed by atoms with Crippen molar-refractivity contribution in [2.75, 3.05) is 38.0 Å². The Bertz CT molecular complexity index is 916. The number of hydrogen-bond acceptors (Lipinski definition) is 5. The number of benzene rings is 1. The number of morpholine rings is 1. The second kappa shape index (κ2) is 9.33. The molecule has 3 aliphatic rings. The van der Waals surface area contributed by atoms with Crippen molar-refractivity contribution in [3.05, 3.63) is 42.1 Å². The average Bonchev–Trinajstić information content (AvgIpc) is 3.40. The largest absolute Gasteiger partial charge is 0.373 e. The van der Waals surface area contributed by atoms with Crippen molar-refractivity contribution in [2.24, 2.45) is 0 Å². The molecule has 1 aliphatic carbocycles. The number of nitrogens with zero attached hydrogens (tertiary/aromatic N) is 4. The molecule has 7 nitrogen and oxygen atoms in total.